The highest BCUT2D eigenvalue weighted by molar-refractivity contribution is 7.86. The SMILES string of the molecule is O=C(O)c1ccc(S(=O)(=O)F)cc1C(F)(F)F. The summed E-state index contributed by atoms with van der Waals surface area (Å²) in [6.07, 6.45) is -5.09. The lowest BCUT2D eigenvalue weighted by Crippen LogP contribution is -2.13. The van der Waals surface area contributed by atoms with Crippen LogP contribution in [-0.4, -0.2) is 19.5 Å². The van der Waals surface area contributed by atoms with Crippen LogP contribution < -0.4 is 0 Å². The van der Waals surface area contributed by atoms with Gasteiger partial charge in [0.2, 0.25) is 0 Å². The predicted molar refractivity (Wildman–Crippen MR) is 46.7 cm³/mol. The minimum absolute atomic E-state index is 0.0568. The lowest BCUT2D eigenvalue weighted by Gasteiger charge is -2.10. The molecule has 0 aliphatic heterocycles. The van der Waals surface area contributed by atoms with E-state index in [1.54, 1.807) is 0 Å². The third kappa shape index (κ3) is 2.93. The summed E-state index contributed by atoms with van der Waals surface area (Å²) in [6.45, 7) is 0. The van der Waals surface area contributed by atoms with Gasteiger partial charge in [0.25, 0.3) is 0 Å². The number of rotatable bonds is 2. The minimum Gasteiger partial charge on any atom is -0.478 e. The van der Waals surface area contributed by atoms with Crippen molar-refractivity contribution < 1.29 is 35.4 Å². The standard InChI is InChI=1S/C8H4F4O4S/c9-8(10,11)6-3-4(17(12,15)16)1-2-5(6)7(13)14/h1-3H,(H,13,14). The third-order valence-electron chi connectivity index (χ3n) is 1.81. The van der Waals surface area contributed by atoms with Crippen molar-refractivity contribution in [2.24, 2.45) is 0 Å². The van der Waals surface area contributed by atoms with Crippen LogP contribution in [0.3, 0.4) is 0 Å². The first-order valence-corrected chi connectivity index (χ1v) is 5.31. The van der Waals surface area contributed by atoms with E-state index in [9.17, 15) is 30.3 Å². The number of carboxylic acids is 1. The summed E-state index contributed by atoms with van der Waals surface area (Å²) >= 11 is 0. The van der Waals surface area contributed by atoms with Crippen LogP contribution in [0, 0.1) is 0 Å². The molecule has 0 saturated heterocycles. The van der Waals surface area contributed by atoms with Gasteiger partial charge in [-0.15, -0.1) is 3.89 Å². The molecule has 0 bridgehead atoms. The highest BCUT2D eigenvalue weighted by atomic mass is 32.3. The highest BCUT2D eigenvalue weighted by Crippen LogP contribution is 2.33. The second kappa shape index (κ2) is 3.99. The summed E-state index contributed by atoms with van der Waals surface area (Å²) in [4.78, 5) is 9.25. The molecule has 1 aromatic rings. The normalized spacial score (nSPS) is 12.5. The molecule has 0 aromatic heterocycles. The van der Waals surface area contributed by atoms with Crippen LogP contribution in [0.1, 0.15) is 15.9 Å². The second-order valence-corrected chi connectivity index (χ2v) is 4.30. The Hall–Kier alpha value is -1.64. The zero-order chi connectivity index (χ0) is 13.4. The molecule has 0 unspecified atom stereocenters. The maximum absolute atomic E-state index is 12.5. The average molecular weight is 272 g/mol. The van der Waals surface area contributed by atoms with Gasteiger partial charge in [0, 0.05) is 0 Å². The van der Waals surface area contributed by atoms with Crippen LogP contribution in [0.4, 0.5) is 17.1 Å². The molecule has 1 rings (SSSR count). The summed E-state index contributed by atoms with van der Waals surface area (Å²) in [7, 11) is -5.32. The number of carbonyl (C=O) groups is 1. The smallest absolute Gasteiger partial charge is 0.417 e. The number of hydrogen-bond donors (Lipinski definition) is 1. The van der Waals surface area contributed by atoms with E-state index in [4.69, 9.17) is 5.11 Å². The van der Waals surface area contributed by atoms with Crippen molar-refractivity contribution in [3.05, 3.63) is 29.3 Å². The van der Waals surface area contributed by atoms with E-state index >= 15 is 0 Å². The Morgan fingerprint density at radius 3 is 2.12 bits per heavy atom. The average Bonchev–Trinajstić information content (AvgIpc) is 2.14. The van der Waals surface area contributed by atoms with E-state index in [0.717, 1.165) is 0 Å². The van der Waals surface area contributed by atoms with Crippen molar-refractivity contribution in [2.45, 2.75) is 11.1 Å². The Morgan fingerprint density at radius 2 is 1.76 bits per heavy atom. The highest BCUT2D eigenvalue weighted by Gasteiger charge is 2.36. The molecule has 9 heteroatoms. The summed E-state index contributed by atoms with van der Waals surface area (Å²) in [5.41, 5.74) is -2.87. The molecule has 94 valence electrons. The van der Waals surface area contributed by atoms with Gasteiger partial charge in [0.15, 0.2) is 0 Å². The predicted octanol–water partition coefficient (Wildman–Crippen LogP) is 2.06. The largest absolute Gasteiger partial charge is 0.478 e. The number of halogens is 4. The molecule has 0 amide bonds. The van der Waals surface area contributed by atoms with Gasteiger partial charge in [-0.3, -0.25) is 0 Å². The third-order valence-corrected chi connectivity index (χ3v) is 2.63. The van der Waals surface area contributed by atoms with Crippen molar-refractivity contribution in [2.75, 3.05) is 0 Å². The summed E-state index contributed by atoms with van der Waals surface area (Å²) in [6, 6.07) is 0.782. The summed E-state index contributed by atoms with van der Waals surface area (Å²) < 4.78 is 70.5. The van der Waals surface area contributed by atoms with E-state index in [2.05, 4.69) is 0 Å². The van der Waals surface area contributed by atoms with Crippen molar-refractivity contribution >= 4 is 16.2 Å². The van der Waals surface area contributed by atoms with Gasteiger partial charge in [-0.25, -0.2) is 4.79 Å². The number of alkyl halides is 3. The van der Waals surface area contributed by atoms with E-state index in [1.807, 2.05) is 0 Å². The molecule has 0 aliphatic carbocycles. The quantitative estimate of drug-likeness (QED) is 0.660. The van der Waals surface area contributed by atoms with E-state index in [1.165, 1.54) is 0 Å². The van der Waals surface area contributed by atoms with Crippen molar-refractivity contribution in [1.82, 2.24) is 0 Å². The van der Waals surface area contributed by atoms with Crippen molar-refractivity contribution in [3.8, 4) is 0 Å². The molecule has 1 N–H and O–H groups in total. The second-order valence-electron chi connectivity index (χ2n) is 2.95. The van der Waals surface area contributed by atoms with Crippen molar-refractivity contribution in [3.63, 3.8) is 0 Å². The van der Waals surface area contributed by atoms with Gasteiger partial charge < -0.3 is 5.11 Å². The van der Waals surface area contributed by atoms with E-state index in [0.29, 0.717) is 12.1 Å². The van der Waals surface area contributed by atoms with Crippen LogP contribution >= 0.6 is 0 Å². The molecule has 17 heavy (non-hydrogen) atoms. The number of hydrogen-bond acceptors (Lipinski definition) is 3. The van der Waals surface area contributed by atoms with Crippen molar-refractivity contribution in [1.29, 1.82) is 0 Å². The molecule has 0 radical (unpaired) electrons. The molecule has 1 aromatic carbocycles. The fraction of sp³-hybridized carbons (Fsp3) is 0.125. The zero-order valence-corrected chi connectivity index (χ0v) is 8.64. The van der Waals surface area contributed by atoms with Gasteiger partial charge >= 0.3 is 22.4 Å². The van der Waals surface area contributed by atoms with Gasteiger partial charge in [-0.1, -0.05) is 0 Å². The maximum Gasteiger partial charge on any atom is 0.417 e. The number of aromatic carboxylic acids is 1. The molecule has 4 nitrogen and oxygen atoms in total. The molecular formula is C8H4F4O4S. The monoisotopic (exact) mass is 272 g/mol. The zero-order valence-electron chi connectivity index (χ0n) is 7.82. The van der Waals surface area contributed by atoms with Crippen LogP contribution in [0.25, 0.3) is 0 Å². The molecular weight excluding hydrogens is 268 g/mol. The van der Waals surface area contributed by atoms with Gasteiger partial charge in [0.1, 0.15) is 0 Å². The van der Waals surface area contributed by atoms with Crippen LogP contribution in [-0.2, 0) is 16.4 Å². The first-order chi connectivity index (χ1) is 7.53. The summed E-state index contributed by atoms with van der Waals surface area (Å²) in [5, 5.41) is 8.48. The number of carboxylic acid groups (broad SMARTS) is 1. The molecule has 0 fully saturated rings. The summed E-state index contributed by atoms with van der Waals surface area (Å²) in [5.74, 6) is -1.89. The van der Waals surface area contributed by atoms with E-state index < -0.39 is 38.4 Å². The van der Waals surface area contributed by atoms with Crippen LogP contribution in [0.2, 0.25) is 0 Å². The van der Waals surface area contributed by atoms with Gasteiger partial charge in [-0.05, 0) is 18.2 Å². The fourth-order valence-corrected chi connectivity index (χ4v) is 1.59. The Bertz CT molecular complexity index is 561. The lowest BCUT2D eigenvalue weighted by atomic mass is 10.1. The Morgan fingerprint density at radius 1 is 1.24 bits per heavy atom. The Kier molecular flexibility index (Phi) is 3.15. The molecule has 0 heterocycles. The molecule has 0 spiro atoms. The first-order valence-electron chi connectivity index (χ1n) is 3.92. The molecule has 0 atom stereocenters. The number of benzene rings is 1. The maximum atomic E-state index is 12.5. The van der Waals surface area contributed by atoms with Gasteiger partial charge in [0.05, 0.1) is 16.0 Å². The topological polar surface area (TPSA) is 71.4 Å². The Labute approximate surface area is 92.7 Å². The molecule has 0 aliphatic rings. The first kappa shape index (κ1) is 13.4. The molecule has 0 saturated carbocycles. The Balaban J connectivity index is 3.57. The van der Waals surface area contributed by atoms with Gasteiger partial charge in [-0.2, -0.15) is 21.6 Å². The lowest BCUT2D eigenvalue weighted by molar-refractivity contribution is -0.138. The van der Waals surface area contributed by atoms with Crippen LogP contribution in [0.5, 0.6) is 0 Å². The van der Waals surface area contributed by atoms with Crippen LogP contribution in [0.15, 0.2) is 23.1 Å². The minimum atomic E-state index is -5.32. The fourth-order valence-electron chi connectivity index (χ4n) is 1.10. The van der Waals surface area contributed by atoms with E-state index in [-0.39, 0.29) is 6.07 Å².